The first-order valence-electron chi connectivity index (χ1n) is 6.64. The zero-order valence-corrected chi connectivity index (χ0v) is 11.5. The smallest absolute Gasteiger partial charge is 0.247 e. The standard InChI is InChI=1S/C16H15N3O2/c1-11(12-4-8-15(20)9-5-12)18-14-6-2-13(3-7-14)16-19-17-10-21-16/h2-11,18,20H,1H3. The monoisotopic (exact) mass is 281 g/mol. The van der Waals surface area contributed by atoms with Gasteiger partial charge in [-0.3, -0.25) is 0 Å². The Morgan fingerprint density at radius 2 is 1.76 bits per heavy atom. The second kappa shape index (κ2) is 5.66. The molecule has 3 rings (SSSR count). The van der Waals surface area contributed by atoms with Crippen molar-refractivity contribution in [3.05, 3.63) is 60.5 Å². The summed E-state index contributed by atoms with van der Waals surface area (Å²) in [5.41, 5.74) is 2.99. The lowest BCUT2D eigenvalue weighted by Gasteiger charge is -2.16. The first-order valence-corrected chi connectivity index (χ1v) is 6.64. The van der Waals surface area contributed by atoms with Crippen LogP contribution in [0.5, 0.6) is 5.75 Å². The van der Waals surface area contributed by atoms with Gasteiger partial charge in [0.1, 0.15) is 5.75 Å². The molecule has 1 heterocycles. The van der Waals surface area contributed by atoms with E-state index in [0.29, 0.717) is 5.89 Å². The summed E-state index contributed by atoms with van der Waals surface area (Å²) in [6.07, 6.45) is 1.31. The van der Waals surface area contributed by atoms with Gasteiger partial charge in [-0.2, -0.15) is 0 Å². The van der Waals surface area contributed by atoms with E-state index in [1.807, 2.05) is 36.4 Å². The number of nitrogens with zero attached hydrogens (tertiary/aromatic N) is 2. The van der Waals surface area contributed by atoms with E-state index in [2.05, 4.69) is 22.4 Å². The lowest BCUT2D eigenvalue weighted by atomic mass is 10.1. The van der Waals surface area contributed by atoms with Gasteiger partial charge >= 0.3 is 0 Å². The number of phenolic OH excluding ortho intramolecular Hbond substituents is 1. The molecule has 1 atom stereocenters. The van der Waals surface area contributed by atoms with Gasteiger partial charge in [-0.05, 0) is 48.9 Å². The number of aromatic nitrogens is 2. The summed E-state index contributed by atoms with van der Waals surface area (Å²) < 4.78 is 5.15. The van der Waals surface area contributed by atoms with Gasteiger partial charge in [-0.15, -0.1) is 10.2 Å². The number of anilines is 1. The van der Waals surface area contributed by atoms with Crippen molar-refractivity contribution < 1.29 is 9.52 Å². The first-order chi connectivity index (χ1) is 10.2. The third-order valence-corrected chi connectivity index (χ3v) is 3.27. The maximum absolute atomic E-state index is 9.31. The summed E-state index contributed by atoms with van der Waals surface area (Å²) >= 11 is 0. The molecule has 0 aliphatic carbocycles. The SMILES string of the molecule is CC(Nc1ccc(-c2nnco2)cc1)c1ccc(O)cc1. The van der Waals surface area contributed by atoms with Crippen LogP contribution in [0.3, 0.4) is 0 Å². The van der Waals surface area contributed by atoms with Gasteiger partial charge in [0.2, 0.25) is 12.3 Å². The molecule has 0 bridgehead atoms. The molecule has 1 unspecified atom stereocenters. The minimum Gasteiger partial charge on any atom is -0.508 e. The number of phenols is 1. The molecule has 0 amide bonds. The van der Waals surface area contributed by atoms with Crippen LogP contribution in [0.2, 0.25) is 0 Å². The maximum Gasteiger partial charge on any atom is 0.247 e. The molecule has 0 saturated carbocycles. The molecule has 5 heteroatoms. The molecule has 21 heavy (non-hydrogen) atoms. The number of benzene rings is 2. The van der Waals surface area contributed by atoms with E-state index < -0.39 is 0 Å². The van der Waals surface area contributed by atoms with Crippen molar-refractivity contribution in [3.8, 4) is 17.2 Å². The lowest BCUT2D eigenvalue weighted by Crippen LogP contribution is -2.06. The minimum atomic E-state index is 0.139. The number of aromatic hydroxyl groups is 1. The van der Waals surface area contributed by atoms with Crippen molar-refractivity contribution in [1.29, 1.82) is 0 Å². The quantitative estimate of drug-likeness (QED) is 0.764. The van der Waals surface area contributed by atoms with Gasteiger partial charge in [0.05, 0.1) is 0 Å². The highest BCUT2D eigenvalue weighted by atomic mass is 16.4. The number of hydrogen-bond acceptors (Lipinski definition) is 5. The average Bonchev–Trinajstić information content (AvgIpc) is 3.03. The first kappa shape index (κ1) is 13.2. The Morgan fingerprint density at radius 1 is 1.05 bits per heavy atom. The molecule has 106 valence electrons. The zero-order chi connectivity index (χ0) is 14.7. The van der Waals surface area contributed by atoms with E-state index in [9.17, 15) is 5.11 Å². The van der Waals surface area contributed by atoms with Crippen LogP contribution in [-0.4, -0.2) is 15.3 Å². The molecule has 2 aromatic carbocycles. The van der Waals surface area contributed by atoms with Gasteiger partial charge in [0.25, 0.3) is 0 Å². The van der Waals surface area contributed by atoms with Crippen LogP contribution in [0.25, 0.3) is 11.5 Å². The highest BCUT2D eigenvalue weighted by molar-refractivity contribution is 5.58. The van der Waals surface area contributed by atoms with E-state index in [1.165, 1.54) is 6.39 Å². The van der Waals surface area contributed by atoms with E-state index in [0.717, 1.165) is 16.8 Å². The van der Waals surface area contributed by atoms with E-state index >= 15 is 0 Å². The summed E-state index contributed by atoms with van der Waals surface area (Å²) in [5.74, 6) is 0.781. The van der Waals surface area contributed by atoms with Gasteiger partial charge in [-0.1, -0.05) is 12.1 Å². The Morgan fingerprint density at radius 3 is 2.38 bits per heavy atom. The van der Waals surface area contributed by atoms with Crippen LogP contribution in [0, 0.1) is 0 Å². The molecule has 0 radical (unpaired) electrons. The Labute approximate surface area is 122 Å². The second-order valence-electron chi connectivity index (χ2n) is 4.78. The molecule has 2 N–H and O–H groups in total. The summed E-state index contributed by atoms with van der Waals surface area (Å²) in [4.78, 5) is 0. The van der Waals surface area contributed by atoms with Crippen LogP contribution in [-0.2, 0) is 0 Å². The van der Waals surface area contributed by atoms with Gasteiger partial charge < -0.3 is 14.8 Å². The minimum absolute atomic E-state index is 0.139. The summed E-state index contributed by atoms with van der Waals surface area (Å²) in [5, 5.41) is 20.2. The van der Waals surface area contributed by atoms with Crippen LogP contribution >= 0.6 is 0 Å². The summed E-state index contributed by atoms with van der Waals surface area (Å²) in [6.45, 7) is 2.07. The van der Waals surface area contributed by atoms with Crippen LogP contribution < -0.4 is 5.32 Å². The Bertz CT molecular complexity index is 691. The molecular formula is C16H15N3O2. The molecule has 0 spiro atoms. The largest absolute Gasteiger partial charge is 0.508 e. The summed E-state index contributed by atoms with van der Waals surface area (Å²) in [6, 6.07) is 15.1. The molecule has 1 aromatic heterocycles. The maximum atomic E-state index is 9.31. The normalized spacial score (nSPS) is 12.0. The molecular weight excluding hydrogens is 266 g/mol. The third kappa shape index (κ3) is 3.02. The lowest BCUT2D eigenvalue weighted by molar-refractivity contribution is 0.475. The fourth-order valence-electron chi connectivity index (χ4n) is 2.10. The molecule has 0 fully saturated rings. The van der Waals surface area contributed by atoms with Crippen LogP contribution in [0.15, 0.2) is 59.3 Å². The van der Waals surface area contributed by atoms with Crippen molar-refractivity contribution in [3.63, 3.8) is 0 Å². The van der Waals surface area contributed by atoms with Crippen LogP contribution in [0.4, 0.5) is 5.69 Å². The number of nitrogens with one attached hydrogen (secondary N) is 1. The van der Waals surface area contributed by atoms with Gasteiger partial charge in [0, 0.05) is 17.3 Å². The number of hydrogen-bond donors (Lipinski definition) is 2. The van der Waals surface area contributed by atoms with Crippen molar-refractivity contribution in [1.82, 2.24) is 10.2 Å². The molecule has 5 nitrogen and oxygen atoms in total. The average molecular weight is 281 g/mol. The van der Waals surface area contributed by atoms with Crippen LogP contribution in [0.1, 0.15) is 18.5 Å². The third-order valence-electron chi connectivity index (χ3n) is 3.27. The van der Waals surface area contributed by atoms with E-state index in [4.69, 9.17) is 4.42 Å². The predicted molar refractivity (Wildman–Crippen MR) is 79.9 cm³/mol. The Kier molecular flexibility index (Phi) is 3.55. The second-order valence-corrected chi connectivity index (χ2v) is 4.78. The predicted octanol–water partition coefficient (Wildman–Crippen LogP) is 3.62. The van der Waals surface area contributed by atoms with E-state index in [-0.39, 0.29) is 11.8 Å². The Balaban J connectivity index is 1.71. The fraction of sp³-hybridized carbons (Fsp3) is 0.125. The Hall–Kier alpha value is -2.82. The molecule has 0 aliphatic heterocycles. The van der Waals surface area contributed by atoms with Gasteiger partial charge in [0.15, 0.2) is 0 Å². The van der Waals surface area contributed by atoms with E-state index in [1.54, 1.807) is 12.1 Å². The highest BCUT2D eigenvalue weighted by Gasteiger charge is 2.07. The summed E-state index contributed by atoms with van der Waals surface area (Å²) in [7, 11) is 0. The zero-order valence-electron chi connectivity index (χ0n) is 11.5. The number of rotatable bonds is 4. The van der Waals surface area contributed by atoms with Crippen molar-refractivity contribution in [2.75, 3.05) is 5.32 Å². The topological polar surface area (TPSA) is 71.2 Å². The molecule has 0 aliphatic rings. The van der Waals surface area contributed by atoms with Crippen molar-refractivity contribution in [2.24, 2.45) is 0 Å². The highest BCUT2D eigenvalue weighted by Crippen LogP contribution is 2.23. The van der Waals surface area contributed by atoms with Crippen molar-refractivity contribution in [2.45, 2.75) is 13.0 Å². The fourth-order valence-corrected chi connectivity index (χ4v) is 2.10. The van der Waals surface area contributed by atoms with Crippen molar-refractivity contribution >= 4 is 5.69 Å². The molecule has 0 saturated heterocycles. The molecule has 3 aromatic rings. The van der Waals surface area contributed by atoms with Gasteiger partial charge in [-0.25, -0.2) is 0 Å².